The first kappa shape index (κ1) is 12.6. The summed E-state index contributed by atoms with van der Waals surface area (Å²) in [6.45, 7) is 3.75. The Labute approximate surface area is 107 Å². The van der Waals surface area contributed by atoms with Gasteiger partial charge in [-0.3, -0.25) is 9.69 Å². The van der Waals surface area contributed by atoms with Crippen LogP contribution in [0.4, 0.5) is 0 Å². The van der Waals surface area contributed by atoms with Crippen molar-refractivity contribution in [1.82, 2.24) is 9.80 Å². The summed E-state index contributed by atoms with van der Waals surface area (Å²) in [5.41, 5.74) is 1.44. The fourth-order valence-electron chi connectivity index (χ4n) is 2.43. The van der Waals surface area contributed by atoms with Crippen molar-refractivity contribution in [2.75, 3.05) is 27.2 Å². The molecule has 0 bridgehead atoms. The van der Waals surface area contributed by atoms with E-state index in [9.17, 15) is 4.79 Å². The second kappa shape index (κ2) is 5.19. The van der Waals surface area contributed by atoms with E-state index in [0.29, 0.717) is 12.6 Å². The molecule has 3 nitrogen and oxygen atoms in total. The van der Waals surface area contributed by atoms with Crippen LogP contribution in [0.25, 0.3) is 0 Å². The normalized spacial score (nSPS) is 20.1. The van der Waals surface area contributed by atoms with Crippen LogP contribution in [0.5, 0.6) is 0 Å². The molecular formula is C13H20N2OS. The number of likely N-dealkylation sites (N-methyl/N-ethyl adjacent to an activating group) is 1. The second-order valence-corrected chi connectivity index (χ2v) is 5.73. The Balaban J connectivity index is 2.12. The van der Waals surface area contributed by atoms with Gasteiger partial charge in [-0.15, -0.1) is 11.3 Å². The lowest BCUT2D eigenvalue weighted by atomic mass is 9.98. The fourth-order valence-corrected chi connectivity index (χ4v) is 3.36. The number of hydrogen-bond donors (Lipinski definition) is 0. The van der Waals surface area contributed by atoms with Crippen LogP contribution >= 0.6 is 11.3 Å². The van der Waals surface area contributed by atoms with Crippen molar-refractivity contribution in [3.05, 3.63) is 21.9 Å². The van der Waals surface area contributed by atoms with Crippen molar-refractivity contribution in [1.29, 1.82) is 0 Å². The van der Waals surface area contributed by atoms with Crippen molar-refractivity contribution in [3.8, 4) is 0 Å². The van der Waals surface area contributed by atoms with E-state index in [-0.39, 0.29) is 5.91 Å². The van der Waals surface area contributed by atoms with Crippen LogP contribution in [-0.2, 0) is 11.2 Å². The number of rotatable bonds is 3. The zero-order valence-electron chi connectivity index (χ0n) is 10.8. The summed E-state index contributed by atoms with van der Waals surface area (Å²) < 4.78 is 0. The molecule has 2 heterocycles. The molecule has 0 saturated carbocycles. The maximum atomic E-state index is 11.8. The van der Waals surface area contributed by atoms with Gasteiger partial charge in [0, 0.05) is 31.6 Å². The molecule has 2 rings (SSSR count). The zero-order valence-corrected chi connectivity index (χ0v) is 11.6. The molecule has 0 N–H and O–H groups in total. The summed E-state index contributed by atoms with van der Waals surface area (Å²) in [4.78, 5) is 17.3. The third kappa shape index (κ3) is 2.53. The molecule has 0 saturated heterocycles. The smallest absolute Gasteiger partial charge is 0.236 e. The minimum absolute atomic E-state index is 0.196. The topological polar surface area (TPSA) is 23.6 Å². The zero-order chi connectivity index (χ0) is 12.4. The molecule has 0 aromatic carbocycles. The molecule has 1 amide bonds. The van der Waals surface area contributed by atoms with E-state index in [2.05, 4.69) is 23.3 Å². The minimum atomic E-state index is 0.196. The summed E-state index contributed by atoms with van der Waals surface area (Å²) in [5, 5.41) is 2.17. The third-order valence-electron chi connectivity index (χ3n) is 3.43. The van der Waals surface area contributed by atoms with Gasteiger partial charge in [-0.05, 0) is 29.9 Å². The highest BCUT2D eigenvalue weighted by Crippen LogP contribution is 2.34. The largest absolute Gasteiger partial charge is 0.348 e. The molecule has 1 aliphatic heterocycles. The lowest BCUT2D eigenvalue weighted by molar-refractivity contribution is -0.130. The van der Waals surface area contributed by atoms with Gasteiger partial charge in [0.2, 0.25) is 5.91 Å². The Hall–Kier alpha value is -0.870. The van der Waals surface area contributed by atoms with Gasteiger partial charge in [0.05, 0.1) is 6.54 Å². The molecule has 4 heteroatoms. The Kier molecular flexibility index (Phi) is 3.84. The summed E-state index contributed by atoms with van der Waals surface area (Å²) in [6, 6.07) is 2.65. The number of nitrogens with zero attached hydrogens (tertiary/aromatic N) is 2. The van der Waals surface area contributed by atoms with E-state index in [1.165, 1.54) is 10.4 Å². The highest BCUT2D eigenvalue weighted by Gasteiger charge is 2.28. The van der Waals surface area contributed by atoms with Crippen molar-refractivity contribution < 1.29 is 4.79 Å². The predicted molar refractivity (Wildman–Crippen MR) is 71.3 cm³/mol. The quantitative estimate of drug-likeness (QED) is 0.823. The van der Waals surface area contributed by atoms with Crippen molar-refractivity contribution >= 4 is 17.2 Å². The Morgan fingerprint density at radius 3 is 3.00 bits per heavy atom. The summed E-state index contributed by atoms with van der Waals surface area (Å²) >= 11 is 1.85. The highest BCUT2D eigenvalue weighted by molar-refractivity contribution is 7.10. The average molecular weight is 252 g/mol. The van der Waals surface area contributed by atoms with Gasteiger partial charge in [0.1, 0.15) is 0 Å². The number of hydrogen-bond acceptors (Lipinski definition) is 3. The number of fused-ring (bicyclic) bond motifs is 1. The van der Waals surface area contributed by atoms with Crippen LogP contribution in [0.15, 0.2) is 11.4 Å². The lowest BCUT2D eigenvalue weighted by Crippen LogP contribution is -2.41. The molecule has 0 radical (unpaired) electrons. The summed E-state index contributed by atoms with van der Waals surface area (Å²) in [5.74, 6) is 0.196. The summed E-state index contributed by atoms with van der Waals surface area (Å²) in [6.07, 6.45) is 2.16. The first-order chi connectivity index (χ1) is 8.13. The van der Waals surface area contributed by atoms with E-state index in [0.717, 1.165) is 19.4 Å². The molecule has 1 aromatic heterocycles. The van der Waals surface area contributed by atoms with E-state index >= 15 is 0 Å². The van der Waals surface area contributed by atoms with Crippen LogP contribution in [-0.4, -0.2) is 42.9 Å². The molecular weight excluding hydrogens is 232 g/mol. The number of carbonyl (C=O) groups is 1. The Morgan fingerprint density at radius 2 is 2.35 bits per heavy atom. The fraction of sp³-hybridized carbons (Fsp3) is 0.615. The molecule has 1 atom stereocenters. The monoisotopic (exact) mass is 252 g/mol. The molecule has 1 aromatic rings. The number of amides is 1. The van der Waals surface area contributed by atoms with Crippen molar-refractivity contribution in [3.63, 3.8) is 0 Å². The maximum absolute atomic E-state index is 11.8. The maximum Gasteiger partial charge on any atom is 0.236 e. The van der Waals surface area contributed by atoms with E-state index in [4.69, 9.17) is 0 Å². The van der Waals surface area contributed by atoms with Crippen LogP contribution in [0.2, 0.25) is 0 Å². The SMILES string of the molecule is CC[C@@H]1c2ccsc2CCN1CC(=O)N(C)C. The van der Waals surface area contributed by atoms with E-state index in [1.54, 1.807) is 4.90 Å². The van der Waals surface area contributed by atoms with Gasteiger partial charge in [-0.2, -0.15) is 0 Å². The first-order valence-electron chi connectivity index (χ1n) is 6.14. The van der Waals surface area contributed by atoms with Gasteiger partial charge < -0.3 is 4.90 Å². The van der Waals surface area contributed by atoms with Crippen LogP contribution in [0.3, 0.4) is 0 Å². The lowest BCUT2D eigenvalue weighted by Gasteiger charge is -2.35. The molecule has 94 valence electrons. The van der Waals surface area contributed by atoms with E-state index < -0.39 is 0 Å². The molecule has 0 fully saturated rings. The van der Waals surface area contributed by atoms with E-state index in [1.807, 2.05) is 25.4 Å². The van der Waals surface area contributed by atoms with Crippen LogP contribution in [0, 0.1) is 0 Å². The molecule has 0 aliphatic carbocycles. The molecule has 0 spiro atoms. The standard InChI is InChI=1S/C13H20N2OS/c1-4-11-10-6-8-17-12(10)5-7-15(11)9-13(16)14(2)3/h6,8,11H,4-5,7,9H2,1-3H3/t11-/m1/s1. The van der Waals surface area contributed by atoms with Gasteiger partial charge >= 0.3 is 0 Å². The van der Waals surface area contributed by atoms with Gasteiger partial charge in [0.15, 0.2) is 0 Å². The van der Waals surface area contributed by atoms with Crippen molar-refractivity contribution in [2.24, 2.45) is 0 Å². The minimum Gasteiger partial charge on any atom is -0.348 e. The summed E-state index contributed by atoms with van der Waals surface area (Å²) in [7, 11) is 3.65. The van der Waals surface area contributed by atoms with Crippen molar-refractivity contribution in [2.45, 2.75) is 25.8 Å². The molecule has 0 unspecified atom stereocenters. The van der Waals surface area contributed by atoms with Gasteiger partial charge in [-0.25, -0.2) is 0 Å². The van der Waals surface area contributed by atoms with Crippen LogP contribution in [0.1, 0.15) is 29.8 Å². The first-order valence-corrected chi connectivity index (χ1v) is 7.02. The molecule has 1 aliphatic rings. The average Bonchev–Trinajstić information content (AvgIpc) is 2.76. The van der Waals surface area contributed by atoms with Crippen LogP contribution < -0.4 is 0 Å². The highest BCUT2D eigenvalue weighted by atomic mass is 32.1. The molecule has 17 heavy (non-hydrogen) atoms. The number of carbonyl (C=O) groups excluding carboxylic acids is 1. The van der Waals surface area contributed by atoms with Gasteiger partial charge in [0.25, 0.3) is 0 Å². The number of thiophene rings is 1. The predicted octanol–water partition coefficient (Wildman–Crippen LogP) is 2.15. The Bertz CT molecular complexity index is 400. The van der Waals surface area contributed by atoms with Gasteiger partial charge in [-0.1, -0.05) is 6.92 Å². The second-order valence-electron chi connectivity index (χ2n) is 4.73. The third-order valence-corrected chi connectivity index (χ3v) is 4.43. The Morgan fingerprint density at radius 1 is 1.59 bits per heavy atom.